The molecule has 2 atom stereocenters. The van der Waals surface area contributed by atoms with Crippen molar-refractivity contribution in [3.63, 3.8) is 0 Å². The first kappa shape index (κ1) is 8.83. The summed E-state index contributed by atoms with van der Waals surface area (Å²) >= 11 is 0. The Balaban J connectivity index is 4.07. The zero-order chi connectivity index (χ0) is 8.31. The highest BCUT2D eigenvalue weighted by Crippen LogP contribution is 1.95. The molecule has 0 bridgehead atoms. The molecule has 0 spiro atoms. The van der Waals surface area contributed by atoms with Gasteiger partial charge >= 0.3 is 11.9 Å². The maximum absolute atomic E-state index is 12.1. The Labute approximate surface area is 55.3 Å². The fourth-order valence-electron chi connectivity index (χ4n) is 0.279. The van der Waals surface area contributed by atoms with Gasteiger partial charge < -0.3 is 15.9 Å². The van der Waals surface area contributed by atoms with Gasteiger partial charge in [0, 0.05) is 0 Å². The van der Waals surface area contributed by atoms with E-state index in [1.54, 1.807) is 0 Å². The van der Waals surface area contributed by atoms with Gasteiger partial charge in [-0.05, 0) is 0 Å². The van der Waals surface area contributed by atoms with Gasteiger partial charge in [0.05, 0.1) is 0 Å². The number of alkyl halides is 1. The molecule has 0 aliphatic rings. The van der Waals surface area contributed by atoms with E-state index < -0.39 is 24.2 Å². The summed E-state index contributed by atoms with van der Waals surface area (Å²) in [5.41, 5.74) is 4.61. The minimum atomic E-state index is -2.54. The summed E-state index contributed by atoms with van der Waals surface area (Å²) in [6.07, 6.45) is -2.54. The number of carboxylic acid groups (broad SMARTS) is 2. The molecule has 0 saturated carbocycles. The molecule has 0 aromatic heterocycles. The fraction of sp³-hybridized carbons (Fsp3) is 0.500. The molecule has 0 aliphatic carbocycles. The van der Waals surface area contributed by atoms with Crippen LogP contribution in [0.4, 0.5) is 4.39 Å². The number of hydrogen-bond acceptors (Lipinski definition) is 3. The van der Waals surface area contributed by atoms with Crippen LogP contribution in [0.5, 0.6) is 0 Å². The maximum atomic E-state index is 12.1. The van der Waals surface area contributed by atoms with Crippen LogP contribution in [-0.4, -0.2) is 34.4 Å². The third-order valence-corrected chi connectivity index (χ3v) is 0.836. The Morgan fingerprint density at radius 2 is 1.70 bits per heavy atom. The number of halogens is 1. The Hall–Kier alpha value is -1.17. The van der Waals surface area contributed by atoms with Crippen molar-refractivity contribution in [1.82, 2.24) is 0 Å². The van der Waals surface area contributed by atoms with Crippen LogP contribution in [-0.2, 0) is 9.59 Å². The summed E-state index contributed by atoms with van der Waals surface area (Å²) in [6, 6.07) is -1.99. The van der Waals surface area contributed by atoms with Crippen LogP contribution in [0.2, 0.25) is 0 Å². The molecule has 6 heteroatoms. The second kappa shape index (κ2) is 3.11. The van der Waals surface area contributed by atoms with E-state index in [0.717, 1.165) is 0 Å². The van der Waals surface area contributed by atoms with Crippen LogP contribution in [0, 0.1) is 0 Å². The molecule has 0 aromatic rings. The molecule has 0 fully saturated rings. The standard InChI is InChI=1S/C4H6FNO4/c5-1(3(7)8)2(6)4(9)10/h1-2H,6H2,(H,7,8)(H,9,10)/t1-,2+/m0/s1. The van der Waals surface area contributed by atoms with Crippen LogP contribution in [0.25, 0.3) is 0 Å². The molecule has 0 rings (SSSR count). The van der Waals surface area contributed by atoms with E-state index in [2.05, 4.69) is 5.73 Å². The lowest BCUT2D eigenvalue weighted by Crippen LogP contribution is -2.43. The van der Waals surface area contributed by atoms with Crippen LogP contribution in [0.15, 0.2) is 0 Å². The lowest BCUT2D eigenvalue weighted by Gasteiger charge is -2.05. The number of nitrogens with two attached hydrogens (primary N) is 1. The number of aliphatic carboxylic acids is 2. The molecule has 0 saturated heterocycles. The van der Waals surface area contributed by atoms with Gasteiger partial charge in [0.25, 0.3) is 0 Å². The van der Waals surface area contributed by atoms with Crippen molar-refractivity contribution in [2.24, 2.45) is 5.73 Å². The molecule has 5 nitrogen and oxygen atoms in total. The Kier molecular flexibility index (Phi) is 2.75. The average molecular weight is 151 g/mol. The number of hydrogen-bond donors (Lipinski definition) is 3. The summed E-state index contributed by atoms with van der Waals surface area (Å²) in [4.78, 5) is 19.5. The highest BCUT2D eigenvalue weighted by molar-refractivity contribution is 5.83. The molecule has 0 aromatic carbocycles. The molecular formula is C4H6FNO4. The summed E-state index contributed by atoms with van der Waals surface area (Å²) in [6.45, 7) is 0. The van der Waals surface area contributed by atoms with Crippen LogP contribution in [0.3, 0.4) is 0 Å². The topological polar surface area (TPSA) is 101 Å². The SMILES string of the molecule is N[C@@H](C(=O)O)[C@H](F)C(=O)O. The first-order valence-corrected chi connectivity index (χ1v) is 2.32. The van der Waals surface area contributed by atoms with E-state index in [1.165, 1.54) is 0 Å². The third kappa shape index (κ3) is 1.98. The van der Waals surface area contributed by atoms with Crippen LogP contribution < -0.4 is 5.73 Å². The molecule has 0 unspecified atom stereocenters. The summed E-state index contributed by atoms with van der Waals surface area (Å²) < 4.78 is 12.1. The predicted molar refractivity (Wildman–Crippen MR) is 28.1 cm³/mol. The first-order chi connectivity index (χ1) is 4.46. The zero-order valence-electron chi connectivity index (χ0n) is 4.82. The quantitative estimate of drug-likeness (QED) is 0.471. The van der Waals surface area contributed by atoms with Crippen molar-refractivity contribution in [2.45, 2.75) is 12.2 Å². The highest BCUT2D eigenvalue weighted by atomic mass is 19.1. The Bertz CT molecular complexity index is 141. The second-order valence-electron chi connectivity index (χ2n) is 1.60. The van der Waals surface area contributed by atoms with E-state index in [4.69, 9.17) is 10.2 Å². The minimum Gasteiger partial charge on any atom is -0.480 e. The van der Waals surface area contributed by atoms with Gasteiger partial charge in [-0.2, -0.15) is 0 Å². The number of carboxylic acids is 2. The molecule has 4 N–H and O–H groups in total. The number of rotatable bonds is 3. The normalized spacial score (nSPS) is 15.8. The minimum absolute atomic E-state index is 1.67. The zero-order valence-corrected chi connectivity index (χ0v) is 4.82. The average Bonchev–Trinajstić information content (AvgIpc) is 1.84. The van der Waals surface area contributed by atoms with Gasteiger partial charge in [0.2, 0.25) is 6.17 Å². The lowest BCUT2D eigenvalue weighted by molar-refractivity contribution is -0.150. The first-order valence-electron chi connectivity index (χ1n) is 2.32. The van der Waals surface area contributed by atoms with Crippen molar-refractivity contribution >= 4 is 11.9 Å². The second-order valence-corrected chi connectivity index (χ2v) is 1.60. The van der Waals surface area contributed by atoms with Crippen LogP contribution >= 0.6 is 0 Å². The van der Waals surface area contributed by atoms with Gasteiger partial charge in [-0.3, -0.25) is 4.79 Å². The van der Waals surface area contributed by atoms with E-state index >= 15 is 0 Å². The summed E-state index contributed by atoms with van der Waals surface area (Å²) in [5, 5.41) is 15.9. The van der Waals surface area contributed by atoms with Crippen molar-refractivity contribution in [2.75, 3.05) is 0 Å². The predicted octanol–water partition coefficient (Wildman–Crippen LogP) is -1.18. The molecule has 0 aliphatic heterocycles. The molecule has 58 valence electrons. The molecule has 0 radical (unpaired) electrons. The van der Waals surface area contributed by atoms with Crippen molar-refractivity contribution in [3.8, 4) is 0 Å². The summed E-state index contributed by atoms with van der Waals surface area (Å²) in [7, 11) is 0. The van der Waals surface area contributed by atoms with Gasteiger partial charge in [-0.15, -0.1) is 0 Å². The van der Waals surface area contributed by atoms with Gasteiger partial charge in [-0.1, -0.05) is 0 Å². The van der Waals surface area contributed by atoms with Crippen molar-refractivity contribution in [3.05, 3.63) is 0 Å². The monoisotopic (exact) mass is 151 g/mol. The summed E-state index contributed by atoms with van der Waals surface area (Å²) in [5.74, 6) is -3.54. The highest BCUT2D eigenvalue weighted by Gasteiger charge is 2.29. The Morgan fingerprint density at radius 3 is 1.80 bits per heavy atom. The van der Waals surface area contributed by atoms with E-state index in [-0.39, 0.29) is 0 Å². The van der Waals surface area contributed by atoms with Crippen LogP contribution in [0.1, 0.15) is 0 Å². The molecule has 0 heterocycles. The van der Waals surface area contributed by atoms with E-state index in [0.29, 0.717) is 0 Å². The van der Waals surface area contributed by atoms with E-state index in [1.807, 2.05) is 0 Å². The van der Waals surface area contributed by atoms with E-state index in [9.17, 15) is 14.0 Å². The maximum Gasteiger partial charge on any atom is 0.340 e. The smallest absolute Gasteiger partial charge is 0.340 e. The number of carbonyl (C=O) groups is 2. The largest absolute Gasteiger partial charge is 0.480 e. The van der Waals surface area contributed by atoms with Gasteiger partial charge in [-0.25, -0.2) is 9.18 Å². The molecule has 0 amide bonds. The molecular weight excluding hydrogens is 145 g/mol. The fourth-order valence-corrected chi connectivity index (χ4v) is 0.279. The molecule has 10 heavy (non-hydrogen) atoms. The lowest BCUT2D eigenvalue weighted by atomic mass is 10.2. The van der Waals surface area contributed by atoms with Gasteiger partial charge in [0.15, 0.2) is 0 Å². The van der Waals surface area contributed by atoms with Crippen molar-refractivity contribution < 1.29 is 24.2 Å². The Morgan fingerprint density at radius 1 is 1.30 bits per heavy atom. The van der Waals surface area contributed by atoms with Crippen molar-refractivity contribution in [1.29, 1.82) is 0 Å². The third-order valence-electron chi connectivity index (χ3n) is 0.836. The van der Waals surface area contributed by atoms with Gasteiger partial charge in [0.1, 0.15) is 6.04 Å².